The molecule has 0 spiro atoms. The molecule has 31 heavy (non-hydrogen) atoms. The van der Waals surface area contributed by atoms with Crippen molar-refractivity contribution in [2.75, 3.05) is 31.1 Å². The Bertz CT molecular complexity index is 1080. The number of carbonyl (C=O) groups excluding carboxylic acids is 2. The lowest BCUT2D eigenvalue weighted by Gasteiger charge is -2.38. The molecule has 0 bridgehead atoms. The molecule has 3 aromatic rings. The molecule has 2 amide bonds. The third kappa shape index (κ3) is 3.65. The molecule has 1 atom stereocenters. The Morgan fingerprint density at radius 2 is 1.55 bits per heavy atom. The highest BCUT2D eigenvalue weighted by molar-refractivity contribution is 6.01. The highest BCUT2D eigenvalue weighted by atomic mass is 16.2. The molecule has 2 aromatic carbocycles. The van der Waals surface area contributed by atoms with Gasteiger partial charge in [0.2, 0.25) is 5.91 Å². The molecule has 6 nitrogen and oxygen atoms in total. The molecule has 0 aliphatic carbocycles. The number of nitrogens with zero attached hydrogens (tertiary/aromatic N) is 4. The van der Waals surface area contributed by atoms with Crippen LogP contribution in [0.3, 0.4) is 0 Å². The van der Waals surface area contributed by atoms with E-state index in [1.807, 2.05) is 77.7 Å². The minimum Gasteiger partial charge on any atom is -0.353 e. The van der Waals surface area contributed by atoms with Crippen molar-refractivity contribution in [1.29, 1.82) is 0 Å². The molecule has 0 saturated carbocycles. The molecule has 1 aromatic heterocycles. The van der Waals surface area contributed by atoms with Gasteiger partial charge in [-0.2, -0.15) is 0 Å². The van der Waals surface area contributed by atoms with E-state index in [1.54, 1.807) is 11.1 Å². The van der Waals surface area contributed by atoms with Crippen molar-refractivity contribution in [3.05, 3.63) is 95.7 Å². The van der Waals surface area contributed by atoms with E-state index < -0.39 is 6.04 Å². The Kier molecular flexibility index (Phi) is 5.12. The molecule has 0 N–H and O–H groups in total. The number of aromatic nitrogens is 1. The van der Waals surface area contributed by atoms with Crippen LogP contribution in [-0.4, -0.2) is 52.8 Å². The van der Waals surface area contributed by atoms with E-state index in [9.17, 15) is 9.59 Å². The van der Waals surface area contributed by atoms with Crippen LogP contribution in [0.5, 0.6) is 0 Å². The first-order valence-electron chi connectivity index (χ1n) is 10.6. The lowest BCUT2D eigenvalue weighted by atomic mass is 10.0. The lowest BCUT2D eigenvalue weighted by Crippen LogP contribution is -2.52. The summed E-state index contributed by atoms with van der Waals surface area (Å²) in [6.07, 6.45) is 1.79. The monoisotopic (exact) mass is 412 g/mol. The summed E-state index contributed by atoms with van der Waals surface area (Å²) in [5.41, 5.74) is 2.51. The number of piperazine rings is 1. The molecular formula is C25H24N4O2. The van der Waals surface area contributed by atoms with Gasteiger partial charge >= 0.3 is 0 Å². The average Bonchev–Trinajstić information content (AvgIpc) is 3.17. The molecule has 1 fully saturated rings. The van der Waals surface area contributed by atoms with Crippen molar-refractivity contribution in [3.8, 4) is 0 Å². The lowest BCUT2D eigenvalue weighted by molar-refractivity contribution is -0.136. The molecule has 2 aliphatic rings. The number of hydrogen-bond donors (Lipinski definition) is 0. The molecule has 3 heterocycles. The van der Waals surface area contributed by atoms with Crippen molar-refractivity contribution in [3.63, 3.8) is 0 Å². The van der Waals surface area contributed by atoms with E-state index in [0.717, 1.165) is 30.0 Å². The summed E-state index contributed by atoms with van der Waals surface area (Å²) in [6, 6.07) is 22.5. The predicted molar refractivity (Wildman–Crippen MR) is 119 cm³/mol. The van der Waals surface area contributed by atoms with Gasteiger partial charge in [-0.15, -0.1) is 0 Å². The highest BCUT2D eigenvalue weighted by Crippen LogP contribution is 2.33. The minimum absolute atomic E-state index is 0.0203. The van der Waals surface area contributed by atoms with E-state index in [1.165, 1.54) is 0 Å². The smallest absolute Gasteiger partial charge is 0.255 e. The summed E-state index contributed by atoms with van der Waals surface area (Å²) < 4.78 is 0. The Hall–Kier alpha value is -3.67. The highest BCUT2D eigenvalue weighted by Gasteiger charge is 2.39. The van der Waals surface area contributed by atoms with Gasteiger partial charge in [0.05, 0.1) is 0 Å². The number of anilines is 1. The van der Waals surface area contributed by atoms with Gasteiger partial charge in [0.25, 0.3) is 5.91 Å². The maximum absolute atomic E-state index is 13.7. The second-order valence-corrected chi connectivity index (χ2v) is 7.90. The molecule has 6 heteroatoms. The Balaban J connectivity index is 1.38. The first kappa shape index (κ1) is 19.3. The maximum Gasteiger partial charge on any atom is 0.255 e. The van der Waals surface area contributed by atoms with Crippen LogP contribution in [0.25, 0.3) is 0 Å². The molecule has 2 aliphatic heterocycles. The van der Waals surface area contributed by atoms with Gasteiger partial charge in [0.15, 0.2) is 0 Å². The summed E-state index contributed by atoms with van der Waals surface area (Å²) in [5.74, 6) is 0.831. The van der Waals surface area contributed by atoms with E-state index in [4.69, 9.17) is 0 Å². The summed E-state index contributed by atoms with van der Waals surface area (Å²) in [5, 5.41) is 0. The van der Waals surface area contributed by atoms with Crippen molar-refractivity contribution in [2.24, 2.45) is 0 Å². The van der Waals surface area contributed by atoms with Gasteiger partial charge < -0.3 is 14.7 Å². The Morgan fingerprint density at radius 1 is 0.839 bits per heavy atom. The van der Waals surface area contributed by atoms with Crippen LogP contribution >= 0.6 is 0 Å². The SMILES string of the molecule is O=C([C@@H](c1ccccc1)N1Cc2ccccc2C1=O)N1CCN(c2ccccn2)CC1. The quantitative estimate of drug-likeness (QED) is 0.661. The van der Waals surface area contributed by atoms with Gasteiger partial charge in [0, 0.05) is 44.5 Å². The van der Waals surface area contributed by atoms with Crippen molar-refractivity contribution < 1.29 is 9.59 Å². The van der Waals surface area contributed by atoms with Crippen LogP contribution < -0.4 is 4.90 Å². The van der Waals surface area contributed by atoms with Crippen LogP contribution in [0.2, 0.25) is 0 Å². The maximum atomic E-state index is 13.7. The fourth-order valence-electron chi connectivity index (χ4n) is 4.45. The zero-order valence-corrected chi connectivity index (χ0v) is 17.2. The van der Waals surface area contributed by atoms with E-state index in [-0.39, 0.29) is 11.8 Å². The molecule has 1 saturated heterocycles. The number of fused-ring (bicyclic) bond motifs is 1. The van der Waals surface area contributed by atoms with Crippen LogP contribution in [0, 0.1) is 0 Å². The Labute approximate surface area is 181 Å². The van der Waals surface area contributed by atoms with Crippen molar-refractivity contribution in [2.45, 2.75) is 12.6 Å². The summed E-state index contributed by atoms with van der Waals surface area (Å²) >= 11 is 0. The third-order valence-corrected chi connectivity index (χ3v) is 6.07. The zero-order chi connectivity index (χ0) is 21.2. The first-order valence-corrected chi connectivity index (χ1v) is 10.6. The standard InChI is InChI=1S/C25H24N4O2/c30-24-21-11-5-4-10-20(21)18-29(24)23(19-8-2-1-3-9-19)25(31)28-16-14-27(15-17-28)22-12-6-7-13-26-22/h1-13,23H,14-18H2/t23-/m1/s1. The van der Waals surface area contributed by atoms with Gasteiger partial charge in [0.1, 0.15) is 11.9 Å². The van der Waals surface area contributed by atoms with E-state index >= 15 is 0 Å². The van der Waals surface area contributed by atoms with Gasteiger partial charge in [-0.3, -0.25) is 9.59 Å². The summed E-state index contributed by atoms with van der Waals surface area (Å²) in [7, 11) is 0. The fourth-order valence-corrected chi connectivity index (χ4v) is 4.45. The second-order valence-electron chi connectivity index (χ2n) is 7.90. The molecule has 0 radical (unpaired) electrons. The van der Waals surface area contributed by atoms with Gasteiger partial charge in [-0.1, -0.05) is 54.6 Å². The first-order chi connectivity index (χ1) is 15.2. The number of carbonyl (C=O) groups is 2. The van der Waals surface area contributed by atoms with Gasteiger partial charge in [-0.05, 0) is 29.3 Å². The van der Waals surface area contributed by atoms with Crippen LogP contribution in [0.15, 0.2) is 79.0 Å². The van der Waals surface area contributed by atoms with Crippen LogP contribution in [0.4, 0.5) is 5.82 Å². The van der Waals surface area contributed by atoms with Crippen LogP contribution in [-0.2, 0) is 11.3 Å². The van der Waals surface area contributed by atoms with Gasteiger partial charge in [-0.25, -0.2) is 4.98 Å². The molecule has 0 unspecified atom stereocenters. The van der Waals surface area contributed by atoms with E-state index in [2.05, 4.69) is 9.88 Å². The van der Waals surface area contributed by atoms with E-state index in [0.29, 0.717) is 25.2 Å². The molecular weight excluding hydrogens is 388 g/mol. The number of amides is 2. The predicted octanol–water partition coefficient (Wildman–Crippen LogP) is 3.13. The topological polar surface area (TPSA) is 56.8 Å². The van der Waals surface area contributed by atoms with Crippen molar-refractivity contribution in [1.82, 2.24) is 14.8 Å². The second kappa shape index (κ2) is 8.22. The number of hydrogen-bond acceptors (Lipinski definition) is 4. The minimum atomic E-state index is -0.623. The summed E-state index contributed by atoms with van der Waals surface area (Å²) in [4.78, 5) is 37.1. The third-order valence-electron chi connectivity index (χ3n) is 6.07. The molecule has 156 valence electrons. The van der Waals surface area contributed by atoms with Crippen molar-refractivity contribution >= 4 is 17.6 Å². The summed E-state index contributed by atoms with van der Waals surface area (Å²) in [6.45, 7) is 3.10. The van der Waals surface area contributed by atoms with Crippen LogP contribution in [0.1, 0.15) is 27.5 Å². The number of rotatable bonds is 4. The normalized spacial score (nSPS) is 16.9. The molecule has 5 rings (SSSR count). The number of benzene rings is 2. The fraction of sp³-hybridized carbons (Fsp3) is 0.240. The largest absolute Gasteiger partial charge is 0.353 e. The average molecular weight is 412 g/mol. The number of pyridine rings is 1. The zero-order valence-electron chi connectivity index (χ0n) is 17.2. The Morgan fingerprint density at radius 3 is 2.26 bits per heavy atom.